The number of hydrogen-bond donors (Lipinski definition) is 1. The molecule has 0 unspecified atom stereocenters. The molecule has 0 saturated heterocycles. The van der Waals surface area contributed by atoms with Crippen LogP contribution in [0.3, 0.4) is 0 Å². The Balaban J connectivity index is 0.000000154. The van der Waals surface area contributed by atoms with Crippen molar-refractivity contribution in [1.29, 1.82) is 0 Å². The minimum Gasteiger partial charge on any atom is -0.480 e. The predicted octanol–water partition coefficient (Wildman–Crippen LogP) is 11.5. The highest BCUT2D eigenvalue weighted by molar-refractivity contribution is 7.09. The minimum atomic E-state index is -0.937. The third-order valence-corrected chi connectivity index (χ3v) is 16.0. The van der Waals surface area contributed by atoms with Gasteiger partial charge in [-0.1, -0.05) is 119 Å². The van der Waals surface area contributed by atoms with Gasteiger partial charge in [0.15, 0.2) is 21.7 Å². The van der Waals surface area contributed by atoms with E-state index in [0.29, 0.717) is 70.4 Å². The van der Waals surface area contributed by atoms with Crippen LogP contribution in [0.1, 0.15) is 65.8 Å². The number of benzene rings is 4. The summed E-state index contributed by atoms with van der Waals surface area (Å²) in [6.07, 6.45) is 0. The zero-order chi connectivity index (χ0) is 70.0. The fourth-order valence-corrected chi connectivity index (χ4v) is 11.3. The van der Waals surface area contributed by atoms with Crippen molar-refractivity contribution in [3.8, 4) is 90.1 Å². The fourth-order valence-electron chi connectivity index (χ4n) is 9.91. The van der Waals surface area contributed by atoms with E-state index in [2.05, 4.69) is 88.9 Å². The molecule has 0 aliphatic heterocycles. The summed E-state index contributed by atoms with van der Waals surface area (Å²) in [4.78, 5) is 66.7. The van der Waals surface area contributed by atoms with E-state index in [4.69, 9.17) is 23.6 Å². The van der Waals surface area contributed by atoms with Gasteiger partial charge in [-0.05, 0) is 147 Å². The number of carbonyl (C=O) groups is 4. The van der Waals surface area contributed by atoms with Gasteiger partial charge in [0.25, 0.3) is 11.8 Å². The Morgan fingerprint density at radius 2 is 0.816 bits per heavy atom. The SMILES string of the molecule is CCN(CC)CCOC(=O)Cn1nc(C)cc1-c1nc(-c2cccc(C)c2)ns1.CCOC(=O)Cn1nc(C)cc1-c1nc(-c2cccc(C)c2)no1.COC(=O)Cn1nc(C)cc1-c1nc(-c2cccc(C)c2)no1.Cc1cccc(-c2nsc(-c3cc(C)nn3CC(=O)O)n2)c1. The van der Waals surface area contributed by atoms with Crippen molar-refractivity contribution in [3.63, 3.8) is 0 Å². The number of ether oxygens (including phenoxy) is 3. The number of carboxylic acid groups (broad SMARTS) is 1. The molecule has 0 spiro atoms. The second-order valence-corrected chi connectivity index (χ2v) is 24.0. The first-order valence-corrected chi connectivity index (χ1v) is 32.8. The van der Waals surface area contributed by atoms with E-state index >= 15 is 0 Å². The van der Waals surface area contributed by atoms with Crippen molar-refractivity contribution in [2.24, 2.45) is 0 Å². The highest BCUT2D eigenvalue weighted by atomic mass is 32.1. The topological polar surface area (TPSA) is 320 Å². The lowest BCUT2D eigenvalue weighted by atomic mass is 10.1. The van der Waals surface area contributed by atoms with Gasteiger partial charge in [0.05, 0.1) is 47.9 Å². The first-order chi connectivity index (χ1) is 47.1. The van der Waals surface area contributed by atoms with Gasteiger partial charge in [0.1, 0.15) is 44.2 Å². The van der Waals surface area contributed by atoms with E-state index in [1.54, 1.807) is 23.7 Å². The average molecular weight is 1370 g/mol. The zero-order valence-electron chi connectivity index (χ0n) is 56.5. The van der Waals surface area contributed by atoms with E-state index in [9.17, 15) is 19.2 Å². The van der Waals surface area contributed by atoms with Gasteiger partial charge < -0.3 is 33.3 Å². The van der Waals surface area contributed by atoms with Crippen LogP contribution in [-0.2, 0) is 59.6 Å². The molecule has 27 nitrogen and oxygen atoms in total. The van der Waals surface area contributed by atoms with E-state index in [1.165, 1.54) is 44.2 Å². The van der Waals surface area contributed by atoms with Crippen LogP contribution in [0.5, 0.6) is 0 Å². The number of nitrogens with zero attached hydrogens (tertiary/aromatic N) is 17. The third kappa shape index (κ3) is 19.3. The number of rotatable bonds is 22. The minimum absolute atomic E-state index is 0.000822. The van der Waals surface area contributed by atoms with Crippen LogP contribution in [0.15, 0.2) is 130 Å². The summed E-state index contributed by atoms with van der Waals surface area (Å²) in [5.74, 6) is 0.945. The normalized spacial score (nSPS) is 10.9. The summed E-state index contributed by atoms with van der Waals surface area (Å²) >= 11 is 2.55. The van der Waals surface area contributed by atoms with Gasteiger partial charge in [-0.2, -0.15) is 39.1 Å². The second kappa shape index (κ2) is 33.6. The molecule has 0 saturated carbocycles. The Kier molecular flexibility index (Phi) is 24.4. The molecule has 1 N–H and O–H groups in total. The Labute approximate surface area is 573 Å². The van der Waals surface area contributed by atoms with Crippen LogP contribution >= 0.6 is 23.1 Å². The number of aromatic nitrogens is 16. The van der Waals surface area contributed by atoms with Crippen LogP contribution in [0, 0.1) is 55.4 Å². The quantitative estimate of drug-likeness (QED) is 0.0486. The average Bonchev–Trinajstić information content (AvgIpc) is 1.69. The van der Waals surface area contributed by atoms with Gasteiger partial charge in [0.2, 0.25) is 11.6 Å². The molecule has 12 aromatic rings. The lowest BCUT2D eigenvalue weighted by Gasteiger charge is -2.17. The number of carbonyl (C=O) groups excluding carboxylic acids is 3. The highest BCUT2D eigenvalue weighted by Crippen LogP contribution is 2.30. The molecule has 8 heterocycles. The van der Waals surface area contributed by atoms with Crippen LogP contribution in [-0.4, -0.2) is 152 Å². The first kappa shape index (κ1) is 71.3. The van der Waals surface area contributed by atoms with Crippen LogP contribution in [0.25, 0.3) is 90.1 Å². The number of aryl methyl sites for hydroxylation is 8. The number of hydrogen-bond acceptors (Lipinski definition) is 24. The Morgan fingerprint density at radius 1 is 0.459 bits per heavy atom. The van der Waals surface area contributed by atoms with Crippen molar-refractivity contribution >= 4 is 46.9 Å². The first-order valence-electron chi connectivity index (χ1n) is 31.3. The van der Waals surface area contributed by atoms with E-state index < -0.39 is 11.9 Å². The van der Waals surface area contributed by atoms with E-state index in [1.807, 2.05) is 159 Å². The number of methoxy groups -OCH3 is 1. The van der Waals surface area contributed by atoms with E-state index in [-0.39, 0.29) is 38.1 Å². The molecule has 0 radical (unpaired) electrons. The summed E-state index contributed by atoms with van der Waals surface area (Å²) in [7, 11) is 1.33. The van der Waals surface area contributed by atoms with Crippen molar-refractivity contribution in [2.45, 2.75) is 102 Å². The number of carboxylic acids is 1. The smallest absolute Gasteiger partial charge is 0.327 e. The number of likely N-dealkylation sites (N-methyl/N-ethyl adjacent to an activating group) is 1. The second-order valence-electron chi connectivity index (χ2n) is 22.5. The Hall–Kier alpha value is -11.0. The molecule has 508 valence electrons. The summed E-state index contributed by atoms with van der Waals surface area (Å²) in [6, 6.07) is 39.0. The van der Waals surface area contributed by atoms with Crippen LogP contribution in [0.2, 0.25) is 0 Å². The molecule has 29 heteroatoms. The molecule has 0 bridgehead atoms. The summed E-state index contributed by atoms with van der Waals surface area (Å²) in [6.45, 7) is 24.6. The third-order valence-electron chi connectivity index (χ3n) is 14.5. The van der Waals surface area contributed by atoms with Crippen molar-refractivity contribution < 1.29 is 47.5 Å². The largest absolute Gasteiger partial charge is 0.480 e. The monoisotopic (exact) mass is 1370 g/mol. The van der Waals surface area contributed by atoms with Gasteiger partial charge in [-0.25, -0.2) is 19.3 Å². The van der Waals surface area contributed by atoms with Crippen LogP contribution < -0.4 is 0 Å². The van der Waals surface area contributed by atoms with Crippen molar-refractivity contribution in [1.82, 2.24) is 83.0 Å². The van der Waals surface area contributed by atoms with Crippen LogP contribution in [0.4, 0.5) is 0 Å². The molecular formula is C69H75N17O10S2. The molecule has 0 aliphatic rings. The molecule has 0 amide bonds. The molecule has 0 aliphatic carbocycles. The number of esters is 3. The molecular weight excluding hydrogens is 1290 g/mol. The molecule has 12 rings (SSSR count). The van der Waals surface area contributed by atoms with Gasteiger partial charge in [0, 0.05) is 28.8 Å². The van der Waals surface area contributed by atoms with Gasteiger partial charge >= 0.3 is 23.9 Å². The van der Waals surface area contributed by atoms with Gasteiger partial charge in [-0.3, -0.25) is 28.5 Å². The lowest BCUT2D eigenvalue weighted by molar-refractivity contribution is -0.145. The standard InChI is InChI=1S/C21H27N5O2S.C17H18N4O3.C16H16N4O3.C15H14N4O2S/c1-5-25(6-2)10-11-28-19(27)14-26-18(13-16(4)23-26)21-22-20(24-29-21)17-9-7-8-15(3)12-17;1-4-23-15(22)10-21-14(9-12(3)19-21)17-18-16(20-24-17)13-7-5-6-11(2)8-13;1-10-5-4-6-12(7-10)15-17-16(23-19-15)13-8-11(2)18-20(13)9-14(21)22-3;1-9-4-3-5-11(6-9)14-16-15(22-18-14)12-7-10(2)17-19(12)8-13(20)21/h7-9,12-13H,5-6,10-11,14H2,1-4H3;5-9H,4,10H2,1-3H3;4-8H,9H2,1-3H3;3-7H,8H2,1-2H3,(H,20,21). The van der Waals surface area contributed by atoms with Gasteiger partial charge in [-0.15, -0.1) is 0 Å². The lowest BCUT2D eigenvalue weighted by Crippen LogP contribution is -2.28. The maximum absolute atomic E-state index is 12.3. The molecule has 4 aromatic carbocycles. The van der Waals surface area contributed by atoms with Crippen molar-refractivity contribution in [2.75, 3.05) is 40.0 Å². The summed E-state index contributed by atoms with van der Waals surface area (Å²) < 4.78 is 40.7. The maximum atomic E-state index is 12.3. The molecule has 98 heavy (non-hydrogen) atoms. The summed E-state index contributed by atoms with van der Waals surface area (Å²) in [5.41, 5.74) is 13.9. The fraction of sp³-hybridized carbons (Fsp3) is 0.304. The predicted molar refractivity (Wildman–Crippen MR) is 368 cm³/mol. The molecule has 0 atom stereocenters. The molecule has 8 aromatic heterocycles. The number of aliphatic carboxylic acids is 1. The highest BCUT2D eigenvalue weighted by Gasteiger charge is 2.23. The zero-order valence-corrected chi connectivity index (χ0v) is 58.1. The maximum Gasteiger partial charge on any atom is 0.327 e. The summed E-state index contributed by atoms with van der Waals surface area (Å²) in [5, 5.41) is 35.6. The van der Waals surface area contributed by atoms with E-state index in [0.717, 1.165) is 97.6 Å². The Morgan fingerprint density at radius 3 is 1.18 bits per heavy atom. The van der Waals surface area contributed by atoms with Crippen molar-refractivity contribution in [3.05, 3.63) is 166 Å². The Bertz CT molecular complexity index is 4680. The molecule has 0 fully saturated rings.